The zero-order valence-electron chi connectivity index (χ0n) is 22.6. The summed E-state index contributed by atoms with van der Waals surface area (Å²) in [5.74, 6) is 0.595. The summed E-state index contributed by atoms with van der Waals surface area (Å²) < 4.78 is 0. The van der Waals surface area contributed by atoms with E-state index in [1.54, 1.807) is 0 Å². The Kier molecular flexibility index (Phi) is 7.02. The Morgan fingerprint density at radius 3 is 2.49 bits per heavy atom. The third kappa shape index (κ3) is 4.86. The summed E-state index contributed by atoms with van der Waals surface area (Å²) in [6, 6.07) is 19.7. The maximum atomic E-state index is 4.70. The average molecular weight is 483 g/mol. The Morgan fingerprint density at radius 2 is 1.76 bits per heavy atom. The summed E-state index contributed by atoms with van der Waals surface area (Å²) in [4.78, 5) is 0. The van der Waals surface area contributed by atoms with Gasteiger partial charge < -0.3 is 0 Å². The van der Waals surface area contributed by atoms with E-state index in [1.807, 2.05) is 0 Å². The van der Waals surface area contributed by atoms with Gasteiger partial charge in [-0.25, -0.2) is 0 Å². The van der Waals surface area contributed by atoms with Gasteiger partial charge in [0.05, 0.1) is 0 Å². The number of benzene rings is 2. The molecule has 0 heterocycles. The minimum atomic E-state index is 0.287. The van der Waals surface area contributed by atoms with Gasteiger partial charge in [0.25, 0.3) is 0 Å². The molecule has 3 aliphatic rings. The maximum Gasteiger partial charge on any atom is 0.0201 e. The van der Waals surface area contributed by atoms with Gasteiger partial charge in [-0.2, -0.15) is 0 Å². The normalized spacial score (nSPS) is 22.1. The fourth-order valence-corrected chi connectivity index (χ4v) is 6.34. The highest BCUT2D eigenvalue weighted by atomic mass is 14.4. The molecule has 2 atom stereocenters. The Hall–Kier alpha value is -3.64. The molecule has 1 saturated carbocycles. The predicted octanol–water partition coefficient (Wildman–Crippen LogP) is 10.3. The van der Waals surface area contributed by atoms with Gasteiger partial charge >= 0.3 is 0 Å². The number of hydrogen-bond donors (Lipinski definition) is 0. The van der Waals surface area contributed by atoms with Crippen molar-refractivity contribution in [3.05, 3.63) is 154 Å². The van der Waals surface area contributed by atoms with E-state index in [2.05, 4.69) is 113 Å². The molecule has 5 rings (SSSR count). The highest BCUT2D eigenvalue weighted by Gasteiger charge is 2.40. The monoisotopic (exact) mass is 482 g/mol. The van der Waals surface area contributed by atoms with E-state index in [0.29, 0.717) is 5.92 Å². The van der Waals surface area contributed by atoms with Crippen LogP contribution in [0.4, 0.5) is 0 Å². The second kappa shape index (κ2) is 10.4. The zero-order valence-corrected chi connectivity index (χ0v) is 22.6. The number of allylic oxidation sites excluding steroid dienone is 13. The Morgan fingerprint density at radius 1 is 0.973 bits per heavy atom. The van der Waals surface area contributed by atoms with Crippen molar-refractivity contribution in [1.82, 2.24) is 0 Å². The highest BCUT2D eigenvalue weighted by molar-refractivity contribution is 5.76. The van der Waals surface area contributed by atoms with Gasteiger partial charge in [-0.3, -0.25) is 0 Å². The van der Waals surface area contributed by atoms with Crippen LogP contribution in [0.15, 0.2) is 138 Å². The van der Waals surface area contributed by atoms with Crippen LogP contribution in [0.2, 0.25) is 0 Å². The number of hydrogen-bond acceptors (Lipinski definition) is 0. The van der Waals surface area contributed by atoms with Crippen molar-refractivity contribution in [2.75, 3.05) is 0 Å². The lowest BCUT2D eigenvalue weighted by Crippen LogP contribution is -2.21. The van der Waals surface area contributed by atoms with Crippen LogP contribution in [-0.4, -0.2) is 0 Å². The van der Waals surface area contributed by atoms with Gasteiger partial charge in [-0.15, -0.1) is 0 Å². The van der Waals surface area contributed by atoms with Crippen molar-refractivity contribution in [2.24, 2.45) is 5.92 Å². The van der Waals surface area contributed by atoms with Gasteiger partial charge in [-0.1, -0.05) is 123 Å². The third-order valence-corrected chi connectivity index (χ3v) is 8.12. The van der Waals surface area contributed by atoms with E-state index in [-0.39, 0.29) is 5.92 Å². The number of fused-ring (bicyclic) bond motifs is 1. The average Bonchev–Trinajstić information content (AvgIpc) is 3.48. The van der Waals surface area contributed by atoms with Crippen LogP contribution in [0.3, 0.4) is 0 Å². The van der Waals surface area contributed by atoms with Crippen LogP contribution in [0.5, 0.6) is 0 Å². The van der Waals surface area contributed by atoms with Crippen LogP contribution in [0.25, 0.3) is 11.1 Å². The molecular formula is C37H38. The summed E-state index contributed by atoms with van der Waals surface area (Å²) in [6.45, 7) is 19.9. The summed E-state index contributed by atoms with van der Waals surface area (Å²) in [5, 5.41) is 0. The van der Waals surface area contributed by atoms with Crippen LogP contribution >= 0.6 is 0 Å². The first-order chi connectivity index (χ1) is 17.9. The van der Waals surface area contributed by atoms with Crippen LogP contribution in [-0.2, 0) is 0 Å². The van der Waals surface area contributed by atoms with Crippen molar-refractivity contribution in [3.63, 3.8) is 0 Å². The number of rotatable bonds is 7. The largest absolute Gasteiger partial charge is 0.0955 e. The van der Waals surface area contributed by atoms with Crippen molar-refractivity contribution in [2.45, 2.75) is 52.4 Å². The SMILES string of the molecule is C=C(CCC)C1=C(C)C=C2CC(=CC3=CC=C(c4cccc(C(=C)C)c4)C3)C(=C)C2C1c1ccccc1. The molecule has 0 heteroatoms. The quantitative estimate of drug-likeness (QED) is 0.368. The second-order valence-electron chi connectivity index (χ2n) is 10.9. The van der Waals surface area contributed by atoms with Crippen LogP contribution in [0, 0.1) is 5.92 Å². The van der Waals surface area contributed by atoms with Gasteiger partial charge in [0.2, 0.25) is 0 Å². The second-order valence-corrected chi connectivity index (χ2v) is 10.9. The minimum absolute atomic E-state index is 0.287. The zero-order chi connectivity index (χ0) is 26.1. The molecule has 0 radical (unpaired) electrons. The molecule has 0 amide bonds. The van der Waals surface area contributed by atoms with E-state index in [9.17, 15) is 0 Å². The smallest absolute Gasteiger partial charge is 0.0201 e. The molecule has 37 heavy (non-hydrogen) atoms. The lowest BCUT2D eigenvalue weighted by Gasteiger charge is -2.34. The van der Waals surface area contributed by atoms with E-state index < -0.39 is 0 Å². The van der Waals surface area contributed by atoms with Crippen molar-refractivity contribution >= 4 is 11.1 Å². The summed E-state index contributed by atoms with van der Waals surface area (Å²) in [7, 11) is 0. The summed E-state index contributed by atoms with van der Waals surface area (Å²) >= 11 is 0. The van der Waals surface area contributed by atoms with Gasteiger partial charge in [0.15, 0.2) is 0 Å². The topological polar surface area (TPSA) is 0 Å². The first-order valence-electron chi connectivity index (χ1n) is 13.6. The maximum absolute atomic E-state index is 4.70. The van der Waals surface area contributed by atoms with E-state index >= 15 is 0 Å². The first kappa shape index (κ1) is 25.0. The molecule has 0 N–H and O–H groups in total. The Labute approximate surface area is 223 Å². The molecule has 0 aliphatic heterocycles. The molecule has 186 valence electrons. The molecule has 0 aromatic heterocycles. The predicted molar refractivity (Wildman–Crippen MR) is 161 cm³/mol. The molecule has 1 fully saturated rings. The molecule has 2 aromatic rings. The molecule has 3 aliphatic carbocycles. The molecule has 2 aromatic carbocycles. The van der Waals surface area contributed by atoms with E-state index in [4.69, 9.17) is 6.58 Å². The van der Waals surface area contributed by atoms with Gasteiger partial charge in [0.1, 0.15) is 0 Å². The summed E-state index contributed by atoms with van der Waals surface area (Å²) in [5.41, 5.74) is 15.9. The van der Waals surface area contributed by atoms with Crippen molar-refractivity contribution < 1.29 is 0 Å². The lowest BCUT2D eigenvalue weighted by atomic mass is 9.69. The Bertz CT molecular complexity index is 1430. The molecular weight excluding hydrogens is 444 g/mol. The molecule has 0 nitrogen and oxygen atoms in total. The molecule has 0 spiro atoms. The van der Waals surface area contributed by atoms with Crippen LogP contribution < -0.4 is 0 Å². The lowest BCUT2D eigenvalue weighted by molar-refractivity contribution is 0.619. The Balaban J connectivity index is 1.43. The fraction of sp³-hybridized carbons (Fsp3) is 0.243. The third-order valence-electron chi connectivity index (χ3n) is 8.12. The fourth-order valence-electron chi connectivity index (χ4n) is 6.34. The van der Waals surface area contributed by atoms with Gasteiger partial charge in [0, 0.05) is 11.8 Å². The minimum Gasteiger partial charge on any atom is -0.0955 e. The van der Waals surface area contributed by atoms with Gasteiger partial charge in [-0.05, 0) is 89.3 Å². The van der Waals surface area contributed by atoms with E-state index in [0.717, 1.165) is 31.3 Å². The summed E-state index contributed by atoms with van der Waals surface area (Å²) in [6.07, 6.45) is 13.5. The van der Waals surface area contributed by atoms with E-state index in [1.165, 1.54) is 61.3 Å². The van der Waals surface area contributed by atoms with Crippen molar-refractivity contribution in [3.8, 4) is 0 Å². The molecule has 0 bridgehead atoms. The van der Waals surface area contributed by atoms with Crippen molar-refractivity contribution in [1.29, 1.82) is 0 Å². The molecule has 0 saturated heterocycles. The molecule has 2 unspecified atom stereocenters. The first-order valence-corrected chi connectivity index (χ1v) is 13.6. The van der Waals surface area contributed by atoms with Crippen LogP contribution in [0.1, 0.15) is 69.1 Å². The highest BCUT2D eigenvalue weighted by Crippen LogP contribution is 2.55. The standard InChI is InChI=1S/C37H38/c1-7-12-25(4)35-26(5)19-34-23-33(27(6)36(34)37(35)29-13-9-8-10-14-29)21-28-17-18-32(20-28)31-16-11-15-30(22-31)24(2)3/h8-11,13-19,21-22,36-37H,2,4,6-7,12,20,23H2,1,3,5H3.